The van der Waals surface area contributed by atoms with Crippen LogP contribution in [-0.2, 0) is 6.54 Å². The molecule has 0 bridgehead atoms. The third-order valence-corrected chi connectivity index (χ3v) is 4.63. The minimum atomic E-state index is -0.230. The van der Waals surface area contributed by atoms with Crippen LogP contribution in [0.1, 0.15) is 44.6 Å². The van der Waals surface area contributed by atoms with E-state index >= 15 is 0 Å². The summed E-state index contributed by atoms with van der Waals surface area (Å²) in [6, 6.07) is 4.24. The molecule has 1 fully saturated rings. The lowest BCUT2D eigenvalue weighted by molar-refractivity contribution is 0.0902. The van der Waals surface area contributed by atoms with Gasteiger partial charge in [0.25, 0.3) is 0 Å². The van der Waals surface area contributed by atoms with Gasteiger partial charge in [-0.05, 0) is 52.9 Å². The van der Waals surface area contributed by atoms with E-state index in [-0.39, 0.29) is 12.1 Å². The molecule has 0 saturated heterocycles. The van der Waals surface area contributed by atoms with Crippen molar-refractivity contribution in [1.82, 2.24) is 5.32 Å². The first kappa shape index (κ1) is 17.6. The van der Waals surface area contributed by atoms with Gasteiger partial charge in [0.05, 0.1) is 24.3 Å². The molecule has 2 rings (SSSR count). The predicted molar refractivity (Wildman–Crippen MR) is 91.6 cm³/mol. The van der Waals surface area contributed by atoms with Crippen LogP contribution in [0.25, 0.3) is 0 Å². The van der Waals surface area contributed by atoms with Crippen molar-refractivity contribution in [2.24, 2.45) is 0 Å². The van der Waals surface area contributed by atoms with E-state index in [0.29, 0.717) is 13.2 Å². The van der Waals surface area contributed by atoms with Gasteiger partial charge in [0, 0.05) is 12.6 Å². The molecule has 1 aliphatic carbocycles. The van der Waals surface area contributed by atoms with E-state index < -0.39 is 0 Å². The van der Waals surface area contributed by atoms with Crippen molar-refractivity contribution >= 4 is 15.9 Å². The van der Waals surface area contributed by atoms with Crippen LogP contribution in [0.4, 0.5) is 0 Å². The fraction of sp³-hybridized carbons (Fsp3) is 0.647. The van der Waals surface area contributed by atoms with Gasteiger partial charge in [0.15, 0.2) is 11.5 Å². The molecule has 4 nitrogen and oxygen atoms in total. The second kappa shape index (κ2) is 8.75. The molecule has 1 aromatic carbocycles. The minimum Gasteiger partial charge on any atom is -0.493 e. The van der Waals surface area contributed by atoms with E-state index in [9.17, 15) is 5.11 Å². The average molecular weight is 372 g/mol. The Morgan fingerprint density at radius 2 is 2.09 bits per heavy atom. The predicted octanol–water partition coefficient (Wildman–Crippen LogP) is 3.64. The summed E-state index contributed by atoms with van der Waals surface area (Å²) in [6.45, 7) is 3.46. The molecule has 0 heterocycles. The van der Waals surface area contributed by atoms with Crippen molar-refractivity contribution in [2.45, 2.75) is 57.7 Å². The zero-order valence-electron chi connectivity index (χ0n) is 13.4. The first-order valence-corrected chi connectivity index (χ1v) is 8.85. The molecule has 1 aliphatic rings. The maximum absolute atomic E-state index is 10.0. The third-order valence-electron chi connectivity index (χ3n) is 4.04. The molecule has 0 amide bonds. The molecule has 1 aromatic rings. The highest BCUT2D eigenvalue weighted by Crippen LogP contribution is 2.36. The summed E-state index contributed by atoms with van der Waals surface area (Å²) in [4.78, 5) is 0. The second-order valence-electron chi connectivity index (χ2n) is 5.80. The fourth-order valence-electron chi connectivity index (χ4n) is 2.82. The number of methoxy groups -OCH3 is 1. The van der Waals surface area contributed by atoms with E-state index in [1.165, 1.54) is 6.42 Å². The highest BCUT2D eigenvalue weighted by atomic mass is 79.9. The Balaban J connectivity index is 2.03. The number of aliphatic hydroxyl groups excluding tert-OH is 1. The molecule has 0 aliphatic heterocycles. The number of rotatable bonds is 7. The summed E-state index contributed by atoms with van der Waals surface area (Å²) >= 11 is 3.56. The number of hydrogen-bond donors (Lipinski definition) is 2. The fourth-order valence-corrected chi connectivity index (χ4v) is 3.42. The van der Waals surface area contributed by atoms with Gasteiger partial charge in [0.1, 0.15) is 0 Å². The molecule has 0 aromatic heterocycles. The quantitative estimate of drug-likeness (QED) is 0.767. The summed E-state index contributed by atoms with van der Waals surface area (Å²) < 4.78 is 12.1. The molecular formula is C17H26BrNO3. The summed E-state index contributed by atoms with van der Waals surface area (Å²) in [5.41, 5.74) is 1.12. The lowest BCUT2D eigenvalue weighted by Gasteiger charge is -2.28. The Morgan fingerprint density at radius 3 is 2.77 bits per heavy atom. The van der Waals surface area contributed by atoms with E-state index in [1.54, 1.807) is 7.11 Å². The smallest absolute Gasteiger partial charge is 0.175 e. The van der Waals surface area contributed by atoms with Crippen LogP contribution in [0.2, 0.25) is 0 Å². The first-order valence-electron chi connectivity index (χ1n) is 8.06. The van der Waals surface area contributed by atoms with Crippen LogP contribution >= 0.6 is 15.9 Å². The van der Waals surface area contributed by atoms with Crippen LogP contribution in [0.3, 0.4) is 0 Å². The van der Waals surface area contributed by atoms with Crippen LogP contribution in [-0.4, -0.2) is 31.0 Å². The summed E-state index contributed by atoms with van der Waals surface area (Å²) in [6.07, 6.45) is 4.98. The SMILES string of the molecule is CCCOc1c(Br)cc(CNC2CCCCC2O)cc1OC. The van der Waals surface area contributed by atoms with Crippen molar-refractivity contribution in [2.75, 3.05) is 13.7 Å². The van der Waals surface area contributed by atoms with Gasteiger partial charge in [0.2, 0.25) is 0 Å². The Morgan fingerprint density at radius 1 is 1.32 bits per heavy atom. The average Bonchev–Trinajstić information content (AvgIpc) is 2.52. The second-order valence-corrected chi connectivity index (χ2v) is 6.65. The van der Waals surface area contributed by atoms with E-state index in [0.717, 1.165) is 47.2 Å². The standard InChI is InChI=1S/C17H26BrNO3/c1-3-8-22-17-13(18)9-12(10-16(17)21-2)11-19-14-6-4-5-7-15(14)20/h9-10,14-15,19-20H,3-8,11H2,1-2H3. The molecular weight excluding hydrogens is 346 g/mol. The highest BCUT2D eigenvalue weighted by molar-refractivity contribution is 9.10. The van der Waals surface area contributed by atoms with Gasteiger partial charge in [-0.15, -0.1) is 0 Å². The lowest BCUT2D eigenvalue weighted by Crippen LogP contribution is -2.41. The van der Waals surface area contributed by atoms with E-state index in [1.807, 2.05) is 6.07 Å². The Labute approximate surface area is 141 Å². The molecule has 1 saturated carbocycles. The molecule has 124 valence electrons. The van der Waals surface area contributed by atoms with Crippen molar-refractivity contribution in [3.8, 4) is 11.5 Å². The number of ether oxygens (including phenoxy) is 2. The highest BCUT2D eigenvalue weighted by Gasteiger charge is 2.22. The number of hydrogen-bond acceptors (Lipinski definition) is 4. The molecule has 2 unspecified atom stereocenters. The van der Waals surface area contributed by atoms with Gasteiger partial charge in [-0.25, -0.2) is 0 Å². The largest absolute Gasteiger partial charge is 0.493 e. The monoisotopic (exact) mass is 371 g/mol. The maximum atomic E-state index is 10.0. The van der Waals surface area contributed by atoms with Gasteiger partial charge in [-0.1, -0.05) is 19.8 Å². The van der Waals surface area contributed by atoms with Crippen molar-refractivity contribution in [3.63, 3.8) is 0 Å². The number of aliphatic hydroxyl groups is 1. The van der Waals surface area contributed by atoms with Crippen LogP contribution in [0.15, 0.2) is 16.6 Å². The number of nitrogens with one attached hydrogen (secondary N) is 1. The first-order chi connectivity index (χ1) is 10.7. The van der Waals surface area contributed by atoms with Gasteiger partial charge < -0.3 is 19.9 Å². The Hall–Kier alpha value is -0.780. The molecule has 5 heteroatoms. The summed E-state index contributed by atoms with van der Waals surface area (Å²) in [5, 5.41) is 13.5. The Bertz CT molecular complexity index is 481. The number of benzene rings is 1. The molecule has 0 radical (unpaired) electrons. The van der Waals surface area contributed by atoms with Gasteiger partial charge in [-0.2, -0.15) is 0 Å². The zero-order valence-corrected chi connectivity index (χ0v) is 15.0. The molecule has 2 atom stereocenters. The normalized spacial score (nSPS) is 21.6. The van der Waals surface area contributed by atoms with E-state index in [2.05, 4.69) is 34.2 Å². The van der Waals surface area contributed by atoms with Crippen molar-refractivity contribution < 1.29 is 14.6 Å². The zero-order chi connectivity index (χ0) is 15.9. The third kappa shape index (κ3) is 4.61. The molecule has 2 N–H and O–H groups in total. The Kier molecular flexibility index (Phi) is 6.99. The van der Waals surface area contributed by atoms with Crippen LogP contribution in [0.5, 0.6) is 11.5 Å². The topological polar surface area (TPSA) is 50.7 Å². The van der Waals surface area contributed by atoms with Gasteiger partial charge in [-0.3, -0.25) is 0 Å². The van der Waals surface area contributed by atoms with Crippen molar-refractivity contribution in [3.05, 3.63) is 22.2 Å². The van der Waals surface area contributed by atoms with Crippen LogP contribution in [0, 0.1) is 0 Å². The number of halogens is 1. The molecule has 0 spiro atoms. The van der Waals surface area contributed by atoms with E-state index in [4.69, 9.17) is 9.47 Å². The minimum absolute atomic E-state index is 0.189. The van der Waals surface area contributed by atoms with Gasteiger partial charge >= 0.3 is 0 Å². The van der Waals surface area contributed by atoms with Crippen molar-refractivity contribution in [1.29, 1.82) is 0 Å². The summed E-state index contributed by atoms with van der Waals surface area (Å²) in [7, 11) is 1.66. The molecule has 22 heavy (non-hydrogen) atoms. The van der Waals surface area contributed by atoms with Crippen LogP contribution < -0.4 is 14.8 Å². The lowest BCUT2D eigenvalue weighted by atomic mass is 9.92. The maximum Gasteiger partial charge on any atom is 0.175 e. The summed E-state index contributed by atoms with van der Waals surface area (Å²) in [5.74, 6) is 1.50.